The first kappa shape index (κ1) is 17.9. The van der Waals surface area contributed by atoms with Gasteiger partial charge in [0.25, 0.3) is 0 Å². The largest absolute Gasteiger partial charge is 0.481 e. The van der Waals surface area contributed by atoms with Crippen molar-refractivity contribution in [3.63, 3.8) is 0 Å². The molecule has 24 heavy (non-hydrogen) atoms. The number of carboxylic acid groups (broad SMARTS) is 1. The van der Waals surface area contributed by atoms with Gasteiger partial charge in [-0.25, -0.2) is 4.79 Å². The maximum Gasteiger partial charge on any atom is 0.328 e. The van der Waals surface area contributed by atoms with Crippen molar-refractivity contribution >= 4 is 17.8 Å². The first-order valence-electron chi connectivity index (χ1n) is 7.85. The molecule has 130 valence electrons. The van der Waals surface area contributed by atoms with Crippen LogP contribution >= 0.6 is 0 Å². The summed E-state index contributed by atoms with van der Waals surface area (Å²) in [5.41, 5.74) is 6.62. The summed E-state index contributed by atoms with van der Waals surface area (Å²) in [5.74, 6) is -2.20. The second-order valence-corrected chi connectivity index (χ2v) is 5.91. The van der Waals surface area contributed by atoms with Gasteiger partial charge >= 0.3 is 11.9 Å². The Morgan fingerprint density at radius 2 is 1.92 bits per heavy atom. The molecule has 1 aliphatic carbocycles. The third-order valence-corrected chi connectivity index (χ3v) is 3.99. The number of carboxylic acids is 1. The fourth-order valence-corrected chi connectivity index (χ4v) is 2.68. The van der Waals surface area contributed by atoms with Crippen molar-refractivity contribution in [2.24, 2.45) is 5.73 Å². The summed E-state index contributed by atoms with van der Waals surface area (Å²) in [6.07, 6.45) is 1.37. The SMILES string of the molecule is COC(=O)[C@H](Cc1ccccc1)N(C(=O)[C@@H](N)CC(=O)O)C1CC1. The van der Waals surface area contributed by atoms with Gasteiger partial charge in [0, 0.05) is 12.5 Å². The Kier molecular flexibility index (Phi) is 5.92. The number of nitrogens with two attached hydrogens (primary N) is 1. The standard InChI is InChI=1S/C17H22N2O5/c1-24-17(23)14(9-11-5-3-2-4-6-11)19(12-7-8-12)16(22)13(18)10-15(20)21/h2-6,12-14H,7-10,18H2,1H3,(H,20,21)/t13-,14-/m0/s1. The van der Waals surface area contributed by atoms with E-state index in [-0.39, 0.29) is 6.04 Å². The van der Waals surface area contributed by atoms with Crippen molar-refractivity contribution < 1.29 is 24.2 Å². The van der Waals surface area contributed by atoms with Gasteiger partial charge in [0.1, 0.15) is 6.04 Å². The molecule has 0 unspecified atom stereocenters. The predicted molar refractivity (Wildman–Crippen MR) is 86.0 cm³/mol. The molecule has 1 amide bonds. The van der Waals surface area contributed by atoms with E-state index >= 15 is 0 Å². The summed E-state index contributed by atoms with van der Waals surface area (Å²) in [7, 11) is 1.27. The molecule has 0 spiro atoms. The van der Waals surface area contributed by atoms with Crippen LogP contribution in [-0.2, 0) is 25.5 Å². The maximum absolute atomic E-state index is 12.6. The summed E-state index contributed by atoms with van der Waals surface area (Å²) in [6, 6.07) is 7.22. The Morgan fingerprint density at radius 1 is 1.29 bits per heavy atom. The zero-order valence-electron chi connectivity index (χ0n) is 13.6. The van der Waals surface area contributed by atoms with Crippen LogP contribution < -0.4 is 5.73 Å². The van der Waals surface area contributed by atoms with Gasteiger partial charge in [-0.05, 0) is 18.4 Å². The van der Waals surface area contributed by atoms with Crippen LogP contribution in [0.4, 0.5) is 0 Å². The first-order valence-corrected chi connectivity index (χ1v) is 7.85. The van der Waals surface area contributed by atoms with E-state index in [0.717, 1.165) is 18.4 Å². The number of aliphatic carboxylic acids is 1. The van der Waals surface area contributed by atoms with E-state index in [0.29, 0.717) is 6.42 Å². The summed E-state index contributed by atoms with van der Waals surface area (Å²) < 4.78 is 4.86. The normalized spacial score (nSPS) is 16.1. The molecule has 3 N–H and O–H groups in total. The summed E-state index contributed by atoms with van der Waals surface area (Å²) in [5, 5.41) is 8.86. The highest BCUT2D eigenvalue weighted by atomic mass is 16.5. The molecule has 2 atom stereocenters. The average Bonchev–Trinajstić information content (AvgIpc) is 3.38. The minimum absolute atomic E-state index is 0.0924. The fraction of sp³-hybridized carbons (Fsp3) is 0.471. The zero-order chi connectivity index (χ0) is 17.7. The maximum atomic E-state index is 12.6. The van der Waals surface area contributed by atoms with Gasteiger partial charge in [-0.2, -0.15) is 0 Å². The second-order valence-electron chi connectivity index (χ2n) is 5.91. The van der Waals surface area contributed by atoms with E-state index in [4.69, 9.17) is 15.6 Å². The van der Waals surface area contributed by atoms with E-state index in [1.165, 1.54) is 12.0 Å². The number of carbonyl (C=O) groups is 3. The number of amides is 1. The van der Waals surface area contributed by atoms with E-state index in [1.807, 2.05) is 30.3 Å². The molecule has 0 saturated heterocycles. The van der Waals surface area contributed by atoms with Crippen LogP contribution in [0.2, 0.25) is 0 Å². The molecule has 7 heteroatoms. The van der Waals surface area contributed by atoms with E-state index in [1.54, 1.807) is 0 Å². The molecule has 1 aromatic carbocycles. The molecule has 0 heterocycles. The Labute approximate surface area is 140 Å². The van der Waals surface area contributed by atoms with Crippen molar-refractivity contribution in [1.82, 2.24) is 4.90 Å². The molecular formula is C17H22N2O5. The third kappa shape index (κ3) is 4.55. The molecule has 1 saturated carbocycles. The Balaban J connectivity index is 2.24. The number of nitrogens with zero attached hydrogens (tertiary/aromatic N) is 1. The molecule has 1 fully saturated rings. The lowest BCUT2D eigenvalue weighted by atomic mass is 10.0. The number of methoxy groups -OCH3 is 1. The van der Waals surface area contributed by atoms with Gasteiger partial charge in [-0.1, -0.05) is 30.3 Å². The number of carbonyl (C=O) groups excluding carboxylic acids is 2. The van der Waals surface area contributed by atoms with E-state index in [9.17, 15) is 14.4 Å². The first-order chi connectivity index (χ1) is 11.4. The molecule has 0 aliphatic heterocycles. The lowest BCUT2D eigenvalue weighted by molar-refractivity contribution is -0.154. The molecule has 0 aromatic heterocycles. The van der Waals surface area contributed by atoms with Gasteiger partial charge in [0.15, 0.2) is 0 Å². The quantitative estimate of drug-likeness (QED) is 0.672. The number of rotatable bonds is 8. The number of ether oxygens (including phenoxy) is 1. The molecule has 0 radical (unpaired) electrons. The third-order valence-electron chi connectivity index (χ3n) is 3.99. The van der Waals surface area contributed by atoms with E-state index < -0.39 is 36.4 Å². The van der Waals surface area contributed by atoms with Crippen LogP contribution in [0, 0.1) is 0 Å². The fourth-order valence-electron chi connectivity index (χ4n) is 2.68. The molecule has 1 aliphatic rings. The van der Waals surface area contributed by atoms with Crippen LogP contribution in [0.25, 0.3) is 0 Å². The van der Waals surface area contributed by atoms with Gasteiger partial charge in [-0.3, -0.25) is 9.59 Å². The lowest BCUT2D eigenvalue weighted by Gasteiger charge is -2.32. The molecule has 2 rings (SSSR count). The molecule has 1 aromatic rings. The highest BCUT2D eigenvalue weighted by molar-refractivity contribution is 5.90. The molecular weight excluding hydrogens is 312 g/mol. The van der Waals surface area contributed by atoms with Crippen LogP contribution in [0.3, 0.4) is 0 Å². The minimum Gasteiger partial charge on any atom is -0.481 e. The van der Waals surface area contributed by atoms with Gasteiger partial charge in [0.05, 0.1) is 19.6 Å². The Bertz CT molecular complexity index is 600. The number of esters is 1. The monoisotopic (exact) mass is 334 g/mol. The van der Waals surface area contributed by atoms with Crippen LogP contribution in [0.15, 0.2) is 30.3 Å². The predicted octanol–water partition coefficient (Wildman–Crippen LogP) is 0.564. The Hall–Kier alpha value is -2.41. The lowest BCUT2D eigenvalue weighted by Crippen LogP contribution is -2.54. The summed E-state index contributed by atoms with van der Waals surface area (Å²) in [6.45, 7) is 0. The minimum atomic E-state index is -1.17. The summed E-state index contributed by atoms with van der Waals surface area (Å²) >= 11 is 0. The Morgan fingerprint density at radius 3 is 2.42 bits per heavy atom. The van der Waals surface area contributed by atoms with Crippen LogP contribution in [0.5, 0.6) is 0 Å². The van der Waals surface area contributed by atoms with Gasteiger partial charge in [-0.15, -0.1) is 0 Å². The van der Waals surface area contributed by atoms with Crippen molar-refractivity contribution in [2.45, 2.75) is 43.8 Å². The van der Waals surface area contributed by atoms with E-state index in [2.05, 4.69) is 0 Å². The highest BCUT2D eigenvalue weighted by Gasteiger charge is 2.42. The highest BCUT2D eigenvalue weighted by Crippen LogP contribution is 2.31. The topological polar surface area (TPSA) is 110 Å². The van der Waals surface area contributed by atoms with Crippen molar-refractivity contribution in [2.75, 3.05) is 7.11 Å². The number of hydrogen-bond acceptors (Lipinski definition) is 5. The zero-order valence-corrected chi connectivity index (χ0v) is 13.6. The van der Waals surface area contributed by atoms with Gasteiger partial charge < -0.3 is 20.5 Å². The van der Waals surface area contributed by atoms with Gasteiger partial charge in [0.2, 0.25) is 5.91 Å². The number of hydrogen-bond donors (Lipinski definition) is 2. The second kappa shape index (κ2) is 7.92. The summed E-state index contributed by atoms with van der Waals surface area (Å²) in [4.78, 5) is 37.2. The molecule has 0 bridgehead atoms. The average molecular weight is 334 g/mol. The molecule has 7 nitrogen and oxygen atoms in total. The smallest absolute Gasteiger partial charge is 0.328 e. The van der Waals surface area contributed by atoms with Crippen LogP contribution in [0.1, 0.15) is 24.8 Å². The van der Waals surface area contributed by atoms with Crippen molar-refractivity contribution in [3.05, 3.63) is 35.9 Å². The number of benzene rings is 1. The van der Waals surface area contributed by atoms with Crippen molar-refractivity contribution in [1.29, 1.82) is 0 Å². The van der Waals surface area contributed by atoms with Crippen LogP contribution in [-0.4, -0.2) is 53.1 Å². The van der Waals surface area contributed by atoms with Crippen molar-refractivity contribution in [3.8, 4) is 0 Å².